The van der Waals surface area contributed by atoms with E-state index in [-0.39, 0.29) is 23.8 Å². The standard InChI is InChI=1S/C32H40N8O2/c1-4-33-31(42)23-9-7-13-39(19-23)28-18-35-32(37-24-12-11-22-16-36-40(20(2)3)27(22)15-24)38-30(28)34-17-26-25-10-6-5-8-21(25)14-29(26)41/h5-6,8,10-12,15-16,18,20,23,26,29,41H,4,7,9,13-14,17,19H2,1-3H3,(H,33,42)(H2,34,35,37,38)/t23-,26-,29+/m0/s1. The molecule has 1 fully saturated rings. The Labute approximate surface area is 246 Å². The van der Waals surface area contributed by atoms with Gasteiger partial charge < -0.3 is 26.0 Å². The maximum Gasteiger partial charge on any atom is 0.229 e. The van der Waals surface area contributed by atoms with Crippen molar-refractivity contribution in [2.75, 3.05) is 41.7 Å². The summed E-state index contributed by atoms with van der Waals surface area (Å²) in [7, 11) is 0. The molecule has 42 heavy (non-hydrogen) atoms. The van der Waals surface area contributed by atoms with Gasteiger partial charge in [-0.3, -0.25) is 9.48 Å². The third kappa shape index (κ3) is 5.63. The highest BCUT2D eigenvalue weighted by atomic mass is 16.3. The number of piperidine rings is 1. The Balaban J connectivity index is 1.29. The largest absolute Gasteiger partial charge is 0.392 e. The van der Waals surface area contributed by atoms with Gasteiger partial charge in [-0.15, -0.1) is 0 Å². The second-order valence-corrected chi connectivity index (χ2v) is 11.6. The fraction of sp³-hybridized carbons (Fsp3) is 0.438. The normalized spacial score (nSPS) is 20.1. The average Bonchev–Trinajstić information content (AvgIpc) is 3.56. The number of nitrogens with zero attached hydrogens (tertiary/aromatic N) is 5. The molecular formula is C32H40N8O2. The number of hydrogen-bond acceptors (Lipinski definition) is 8. The Morgan fingerprint density at radius 1 is 1.17 bits per heavy atom. The van der Waals surface area contributed by atoms with E-state index < -0.39 is 6.10 Å². The average molecular weight is 569 g/mol. The number of aromatic nitrogens is 4. The molecule has 6 rings (SSSR count). The number of carbonyl (C=O) groups excluding carboxylic acids is 1. The van der Waals surface area contributed by atoms with Crippen LogP contribution in [0, 0.1) is 5.92 Å². The molecule has 0 saturated carbocycles. The van der Waals surface area contributed by atoms with Gasteiger partial charge in [-0.1, -0.05) is 24.3 Å². The van der Waals surface area contributed by atoms with Crippen LogP contribution < -0.4 is 20.9 Å². The molecule has 10 nitrogen and oxygen atoms in total. The number of carbonyl (C=O) groups is 1. The number of hydrogen-bond donors (Lipinski definition) is 4. The van der Waals surface area contributed by atoms with Crippen molar-refractivity contribution < 1.29 is 9.90 Å². The van der Waals surface area contributed by atoms with E-state index in [0.29, 0.717) is 37.8 Å². The SMILES string of the molecule is CCNC(=O)[C@H]1CCCN(c2cnc(Nc3ccc4cnn(C(C)C)c4c3)nc2NC[C@H]2c3ccccc3C[C@H]2O)C1. The predicted octanol–water partition coefficient (Wildman–Crippen LogP) is 4.62. The molecule has 1 aliphatic heterocycles. The predicted molar refractivity (Wildman–Crippen MR) is 166 cm³/mol. The number of anilines is 4. The third-order valence-electron chi connectivity index (χ3n) is 8.43. The van der Waals surface area contributed by atoms with E-state index in [1.165, 1.54) is 11.1 Å². The van der Waals surface area contributed by atoms with Gasteiger partial charge in [0.15, 0.2) is 5.82 Å². The van der Waals surface area contributed by atoms with Gasteiger partial charge in [-0.2, -0.15) is 10.1 Å². The van der Waals surface area contributed by atoms with Crippen LogP contribution in [0.15, 0.2) is 54.9 Å². The molecule has 0 unspecified atom stereocenters. The summed E-state index contributed by atoms with van der Waals surface area (Å²) in [5.41, 5.74) is 5.15. The van der Waals surface area contributed by atoms with Crippen molar-refractivity contribution in [2.24, 2.45) is 5.92 Å². The Morgan fingerprint density at radius 2 is 2.02 bits per heavy atom. The van der Waals surface area contributed by atoms with E-state index in [1.54, 1.807) is 0 Å². The minimum Gasteiger partial charge on any atom is -0.392 e. The number of aliphatic hydroxyl groups is 1. The van der Waals surface area contributed by atoms with E-state index in [9.17, 15) is 9.90 Å². The minimum atomic E-state index is -0.451. The molecule has 3 atom stereocenters. The fourth-order valence-electron chi connectivity index (χ4n) is 6.29. The second-order valence-electron chi connectivity index (χ2n) is 11.6. The molecule has 1 aliphatic carbocycles. The lowest BCUT2D eigenvalue weighted by Gasteiger charge is -2.34. The summed E-state index contributed by atoms with van der Waals surface area (Å²) in [4.78, 5) is 24.5. The van der Waals surface area contributed by atoms with Gasteiger partial charge in [0.25, 0.3) is 0 Å². The first-order valence-electron chi connectivity index (χ1n) is 15.0. The second kappa shape index (κ2) is 12.0. The van der Waals surface area contributed by atoms with Crippen LogP contribution in [-0.2, 0) is 11.2 Å². The van der Waals surface area contributed by atoms with Crippen LogP contribution in [-0.4, -0.2) is 63.0 Å². The molecule has 2 aromatic heterocycles. The molecule has 0 radical (unpaired) electrons. The van der Waals surface area contributed by atoms with Crippen LogP contribution >= 0.6 is 0 Å². The number of amides is 1. The molecular weight excluding hydrogens is 528 g/mol. The van der Waals surface area contributed by atoms with Crippen molar-refractivity contribution in [2.45, 2.75) is 58.1 Å². The van der Waals surface area contributed by atoms with Crippen molar-refractivity contribution in [3.63, 3.8) is 0 Å². The number of nitrogens with one attached hydrogen (secondary N) is 3. The first-order valence-corrected chi connectivity index (χ1v) is 15.0. The Bertz CT molecular complexity index is 1570. The lowest BCUT2D eigenvalue weighted by atomic mass is 9.96. The number of fused-ring (bicyclic) bond motifs is 2. The maximum absolute atomic E-state index is 12.7. The number of rotatable bonds is 9. The van der Waals surface area contributed by atoms with Crippen molar-refractivity contribution >= 4 is 40.0 Å². The zero-order valence-electron chi connectivity index (χ0n) is 24.5. The van der Waals surface area contributed by atoms with E-state index >= 15 is 0 Å². The summed E-state index contributed by atoms with van der Waals surface area (Å²) in [6, 6.07) is 14.6. The van der Waals surface area contributed by atoms with Gasteiger partial charge in [0.2, 0.25) is 11.9 Å². The molecule has 4 aromatic rings. The van der Waals surface area contributed by atoms with Crippen LogP contribution in [0.4, 0.5) is 23.1 Å². The van der Waals surface area contributed by atoms with Gasteiger partial charge in [-0.05, 0) is 69.4 Å². The summed E-state index contributed by atoms with van der Waals surface area (Å²) < 4.78 is 2.00. The van der Waals surface area contributed by atoms with Gasteiger partial charge in [0.05, 0.1) is 35.6 Å². The van der Waals surface area contributed by atoms with Crippen LogP contribution in [0.25, 0.3) is 10.9 Å². The number of benzene rings is 2. The van der Waals surface area contributed by atoms with Crippen LogP contribution in [0.1, 0.15) is 56.7 Å². The number of aliphatic hydroxyl groups excluding tert-OH is 1. The summed E-state index contributed by atoms with van der Waals surface area (Å²) in [6.07, 6.45) is 5.71. The van der Waals surface area contributed by atoms with Crippen LogP contribution in [0.2, 0.25) is 0 Å². The maximum atomic E-state index is 12.7. The highest BCUT2D eigenvalue weighted by Crippen LogP contribution is 2.35. The smallest absolute Gasteiger partial charge is 0.229 e. The molecule has 1 saturated heterocycles. The Morgan fingerprint density at radius 3 is 2.86 bits per heavy atom. The van der Waals surface area contributed by atoms with Crippen molar-refractivity contribution in [3.8, 4) is 0 Å². The van der Waals surface area contributed by atoms with Crippen molar-refractivity contribution in [1.29, 1.82) is 0 Å². The van der Waals surface area contributed by atoms with E-state index in [0.717, 1.165) is 41.7 Å². The van der Waals surface area contributed by atoms with E-state index in [1.807, 2.05) is 48.3 Å². The molecule has 0 bridgehead atoms. The lowest BCUT2D eigenvalue weighted by Crippen LogP contribution is -2.43. The van der Waals surface area contributed by atoms with E-state index in [2.05, 4.69) is 58.0 Å². The molecule has 10 heteroatoms. The monoisotopic (exact) mass is 568 g/mol. The molecule has 1 amide bonds. The first kappa shape index (κ1) is 28.0. The summed E-state index contributed by atoms with van der Waals surface area (Å²) >= 11 is 0. The van der Waals surface area contributed by atoms with Gasteiger partial charge in [-0.25, -0.2) is 4.98 Å². The summed E-state index contributed by atoms with van der Waals surface area (Å²) in [6.45, 7) is 8.78. The molecule has 2 aromatic carbocycles. The minimum absolute atomic E-state index is 0.0383. The quantitative estimate of drug-likeness (QED) is 0.231. The van der Waals surface area contributed by atoms with Crippen LogP contribution in [0.3, 0.4) is 0 Å². The highest BCUT2D eigenvalue weighted by Gasteiger charge is 2.32. The fourth-order valence-corrected chi connectivity index (χ4v) is 6.29. The van der Waals surface area contributed by atoms with Gasteiger partial charge >= 0.3 is 0 Å². The zero-order valence-corrected chi connectivity index (χ0v) is 24.5. The topological polar surface area (TPSA) is 120 Å². The first-order chi connectivity index (χ1) is 20.4. The molecule has 3 heterocycles. The molecule has 2 aliphatic rings. The highest BCUT2D eigenvalue weighted by molar-refractivity contribution is 5.83. The third-order valence-corrected chi connectivity index (χ3v) is 8.43. The Hall–Kier alpha value is -4.18. The zero-order chi connectivity index (χ0) is 29.2. The lowest BCUT2D eigenvalue weighted by molar-refractivity contribution is -0.125. The molecule has 0 spiro atoms. The van der Waals surface area contributed by atoms with Crippen LogP contribution in [0.5, 0.6) is 0 Å². The van der Waals surface area contributed by atoms with Gasteiger partial charge in [0, 0.05) is 49.2 Å². The summed E-state index contributed by atoms with van der Waals surface area (Å²) in [5, 5.41) is 26.4. The van der Waals surface area contributed by atoms with Gasteiger partial charge in [0.1, 0.15) is 0 Å². The molecule has 4 N–H and O–H groups in total. The van der Waals surface area contributed by atoms with Crippen molar-refractivity contribution in [1.82, 2.24) is 25.1 Å². The van der Waals surface area contributed by atoms with E-state index in [4.69, 9.17) is 9.97 Å². The van der Waals surface area contributed by atoms with Crippen molar-refractivity contribution in [3.05, 3.63) is 66.0 Å². The summed E-state index contributed by atoms with van der Waals surface area (Å²) in [5.74, 6) is 1.14. The Kier molecular flexibility index (Phi) is 7.97. The molecule has 220 valence electrons.